The van der Waals surface area contributed by atoms with Crippen molar-refractivity contribution in [1.82, 2.24) is 19.5 Å². The summed E-state index contributed by atoms with van der Waals surface area (Å²) in [6.07, 6.45) is 3.13. The van der Waals surface area contributed by atoms with Crippen LogP contribution in [0.1, 0.15) is 6.04 Å². The Morgan fingerprint density at radius 2 is 2.19 bits per heavy atom. The van der Waals surface area contributed by atoms with E-state index < -0.39 is 0 Å². The molecule has 0 aromatic carbocycles. The Morgan fingerprint density at radius 1 is 1.29 bits per heavy atom. The van der Waals surface area contributed by atoms with Gasteiger partial charge >= 0.3 is 0 Å². The molecule has 2 aromatic rings. The largest absolute Gasteiger partial charge is 0.396 e. The van der Waals surface area contributed by atoms with Gasteiger partial charge in [0.25, 0.3) is 0 Å². The molecule has 2 bridgehead atoms. The highest BCUT2D eigenvalue weighted by atomic mass is 35.5. The predicted octanol–water partition coefficient (Wildman–Crippen LogP) is 0.425. The number of fused-ring (bicyclic) bond motifs is 2. The summed E-state index contributed by atoms with van der Waals surface area (Å²) >= 11 is 6.06. The average Bonchev–Trinajstić information content (AvgIpc) is 3.18. The lowest BCUT2D eigenvalue weighted by Crippen LogP contribution is -2.40. The maximum absolute atomic E-state index is 9.67. The van der Waals surface area contributed by atoms with Crippen molar-refractivity contribution in [3.63, 3.8) is 0 Å². The van der Waals surface area contributed by atoms with Gasteiger partial charge in [-0.1, -0.05) is 11.6 Å². The molecule has 0 spiro atoms. The molecule has 0 radical (unpaired) electrons. The highest BCUT2D eigenvalue weighted by Gasteiger charge is 2.64. The SMILES string of the molecule is OC[C@@H]1[C@H]2CO[C@@H]3[C@H]2O[C@H]1[C@H]3n1cnc2c(Cl)ncnc21. The summed E-state index contributed by atoms with van der Waals surface area (Å²) in [5.41, 5.74) is 1.26. The summed E-state index contributed by atoms with van der Waals surface area (Å²) in [6, 6.07) is -0.0260. The second-order valence-corrected chi connectivity index (χ2v) is 6.21. The number of aromatic nitrogens is 4. The van der Waals surface area contributed by atoms with Gasteiger partial charge in [-0.05, 0) is 0 Å². The second kappa shape index (κ2) is 4.13. The molecule has 8 heteroatoms. The number of hydrogen-bond acceptors (Lipinski definition) is 6. The van der Waals surface area contributed by atoms with Crippen LogP contribution in [-0.4, -0.2) is 56.2 Å². The molecule has 0 amide bonds. The third kappa shape index (κ3) is 1.42. The smallest absolute Gasteiger partial charge is 0.165 e. The molecule has 3 aliphatic rings. The van der Waals surface area contributed by atoms with Gasteiger partial charge in [0.1, 0.15) is 17.9 Å². The Balaban J connectivity index is 1.65. The van der Waals surface area contributed by atoms with Crippen molar-refractivity contribution in [3.05, 3.63) is 17.8 Å². The van der Waals surface area contributed by atoms with E-state index >= 15 is 0 Å². The van der Waals surface area contributed by atoms with Gasteiger partial charge in [0.2, 0.25) is 0 Å². The zero-order chi connectivity index (χ0) is 14.1. The molecular weight excluding hydrogens is 296 g/mol. The Hall–Kier alpha value is -1.28. The molecule has 3 aliphatic heterocycles. The van der Waals surface area contributed by atoms with E-state index in [4.69, 9.17) is 21.1 Å². The fraction of sp³-hybridized carbons (Fsp3) is 0.615. The molecule has 6 atom stereocenters. The van der Waals surface area contributed by atoms with E-state index in [-0.39, 0.29) is 36.9 Å². The summed E-state index contributed by atoms with van der Waals surface area (Å²) in [6.45, 7) is 0.761. The number of aliphatic hydroxyl groups is 1. The molecule has 1 N–H and O–H groups in total. The molecule has 110 valence electrons. The third-order valence-electron chi connectivity index (χ3n) is 5.03. The lowest BCUT2D eigenvalue weighted by molar-refractivity contribution is 0.0541. The van der Waals surface area contributed by atoms with Gasteiger partial charge in [0.05, 0.1) is 31.2 Å². The molecule has 0 aliphatic carbocycles. The van der Waals surface area contributed by atoms with Crippen LogP contribution in [0.4, 0.5) is 0 Å². The molecule has 3 fully saturated rings. The van der Waals surface area contributed by atoms with Crippen molar-refractivity contribution < 1.29 is 14.6 Å². The maximum atomic E-state index is 9.67. The van der Waals surface area contributed by atoms with Gasteiger partial charge in [0.15, 0.2) is 10.8 Å². The van der Waals surface area contributed by atoms with E-state index in [1.807, 2.05) is 4.57 Å². The minimum Gasteiger partial charge on any atom is -0.396 e. The Morgan fingerprint density at radius 3 is 3.05 bits per heavy atom. The van der Waals surface area contributed by atoms with E-state index in [1.165, 1.54) is 6.33 Å². The van der Waals surface area contributed by atoms with Crippen LogP contribution in [0, 0.1) is 11.8 Å². The summed E-state index contributed by atoms with van der Waals surface area (Å²) in [5.74, 6) is 0.405. The number of halogens is 1. The number of hydrogen-bond donors (Lipinski definition) is 1. The van der Waals surface area contributed by atoms with Crippen LogP contribution >= 0.6 is 11.6 Å². The van der Waals surface area contributed by atoms with Crippen LogP contribution in [0.15, 0.2) is 12.7 Å². The molecular formula is C13H13ClN4O3. The molecule has 0 saturated carbocycles. The highest BCUT2D eigenvalue weighted by molar-refractivity contribution is 6.33. The molecule has 5 rings (SSSR count). The fourth-order valence-corrected chi connectivity index (χ4v) is 4.32. The summed E-state index contributed by atoms with van der Waals surface area (Å²) in [4.78, 5) is 12.6. The number of nitrogens with zero attached hydrogens (tertiary/aromatic N) is 4. The van der Waals surface area contributed by atoms with Gasteiger partial charge in [-0.25, -0.2) is 15.0 Å². The van der Waals surface area contributed by atoms with E-state index in [0.29, 0.717) is 28.8 Å². The zero-order valence-electron chi connectivity index (χ0n) is 11.0. The maximum Gasteiger partial charge on any atom is 0.165 e. The summed E-state index contributed by atoms with van der Waals surface area (Å²) in [7, 11) is 0. The minimum atomic E-state index is -0.0661. The van der Waals surface area contributed by atoms with Gasteiger partial charge < -0.3 is 19.1 Å². The van der Waals surface area contributed by atoms with Crippen molar-refractivity contribution in [2.75, 3.05) is 13.2 Å². The van der Waals surface area contributed by atoms with Gasteiger partial charge in [-0.15, -0.1) is 0 Å². The van der Waals surface area contributed by atoms with Crippen molar-refractivity contribution >= 4 is 22.8 Å². The van der Waals surface area contributed by atoms with E-state index in [2.05, 4.69) is 15.0 Å². The van der Waals surface area contributed by atoms with Crippen LogP contribution in [0.25, 0.3) is 11.2 Å². The topological polar surface area (TPSA) is 82.3 Å². The number of ether oxygens (including phenoxy) is 2. The number of aliphatic hydroxyl groups excluding tert-OH is 1. The van der Waals surface area contributed by atoms with Crippen molar-refractivity contribution in [2.24, 2.45) is 11.8 Å². The van der Waals surface area contributed by atoms with Crippen LogP contribution in [0.5, 0.6) is 0 Å². The van der Waals surface area contributed by atoms with Gasteiger partial charge in [-0.2, -0.15) is 0 Å². The fourth-order valence-electron chi connectivity index (χ4n) is 4.14. The third-order valence-corrected chi connectivity index (χ3v) is 5.31. The minimum absolute atomic E-state index is 0.00561. The first-order valence-corrected chi connectivity index (χ1v) is 7.38. The molecule has 0 unspecified atom stereocenters. The lowest BCUT2D eigenvalue weighted by Gasteiger charge is -2.29. The van der Waals surface area contributed by atoms with Crippen LogP contribution in [0.3, 0.4) is 0 Å². The second-order valence-electron chi connectivity index (χ2n) is 5.85. The zero-order valence-corrected chi connectivity index (χ0v) is 11.7. The summed E-state index contributed by atoms with van der Waals surface area (Å²) < 4.78 is 13.9. The van der Waals surface area contributed by atoms with Crippen LogP contribution in [0.2, 0.25) is 5.15 Å². The Bertz CT molecular complexity index is 723. The number of rotatable bonds is 2. The Kier molecular flexibility index (Phi) is 2.42. The first kappa shape index (κ1) is 12.3. The quantitative estimate of drug-likeness (QED) is 0.810. The normalized spacial score (nSPS) is 40.5. The average molecular weight is 309 g/mol. The van der Waals surface area contributed by atoms with Gasteiger partial charge in [-0.3, -0.25) is 0 Å². The van der Waals surface area contributed by atoms with Crippen molar-refractivity contribution in [3.8, 4) is 0 Å². The van der Waals surface area contributed by atoms with Crippen molar-refractivity contribution in [2.45, 2.75) is 24.4 Å². The molecule has 7 nitrogen and oxygen atoms in total. The van der Waals surface area contributed by atoms with Crippen molar-refractivity contribution in [1.29, 1.82) is 0 Å². The highest BCUT2D eigenvalue weighted by Crippen LogP contribution is 2.54. The number of imidazole rings is 1. The monoisotopic (exact) mass is 308 g/mol. The predicted molar refractivity (Wildman–Crippen MR) is 71.8 cm³/mol. The first-order chi connectivity index (χ1) is 10.3. The van der Waals surface area contributed by atoms with E-state index in [1.54, 1.807) is 6.33 Å². The molecule has 5 heterocycles. The van der Waals surface area contributed by atoms with Crippen LogP contribution in [-0.2, 0) is 9.47 Å². The molecule has 2 aromatic heterocycles. The van der Waals surface area contributed by atoms with E-state index in [9.17, 15) is 5.11 Å². The van der Waals surface area contributed by atoms with E-state index in [0.717, 1.165) is 0 Å². The van der Waals surface area contributed by atoms with Crippen LogP contribution < -0.4 is 0 Å². The Labute approximate surface area is 124 Å². The van der Waals surface area contributed by atoms with Gasteiger partial charge in [0, 0.05) is 18.4 Å². The first-order valence-electron chi connectivity index (χ1n) is 7.00. The molecule has 21 heavy (non-hydrogen) atoms. The lowest BCUT2D eigenvalue weighted by atomic mass is 9.78. The molecule has 3 saturated heterocycles. The summed E-state index contributed by atoms with van der Waals surface area (Å²) in [5, 5.41) is 10.0. The standard InChI is InChI=1S/C13H13ClN4O3/c14-12-7-13(16-3-15-12)18(4-17-7)8-9-5(1-19)6-2-20-11(8)10(6)21-9/h3-6,8-11,19H,1-2H2/t5-,6-,8-,9-,10+,11+/m1/s1.